The van der Waals surface area contributed by atoms with Crippen molar-refractivity contribution in [2.75, 3.05) is 6.61 Å². The molecule has 8 nitrogen and oxygen atoms in total. The van der Waals surface area contributed by atoms with Crippen LogP contribution in [0.5, 0.6) is 0 Å². The zero-order chi connectivity index (χ0) is 12.7. The molecule has 0 aliphatic heterocycles. The van der Waals surface area contributed by atoms with E-state index in [1.165, 1.54) is 0 Å². The molecule has 92 valence electrons. The van der Waals surface area contributed by atoms with E-state index in [0.717, 1.165) is 0 Å². The van der Waals surface area contributed by atoms with Crippen molar-refractivity contribution >= 4 is 17.8 Å². The van der Waals surface area contributed by atoms with E-state index in [1.807, 2.05) is 5.32 Å². The molecule has 0 aromatic heterocycles. The number of hydrogen-bond donors (Lipinski definition) is 5. The first-order chi connectivity index (χ1) is 7.38. The lowest BCUT2D eigenvalue weighted by Crippen LogP contribution is -2.44. The van der Waals surface area contributed by atoms with E-state index in [-0.39, 0.29) is 12.8 Å². The number of carbonyl (C=O) groups excluding carboxylic acids is 1. The number of amides is 1. The molecule has 0 spiro atoms. The van der Waals surface area contributed by atoms with Gasteiger partial charge in [0.15, 0.2) is 0 Å². The molecule has 0 heterocycles. The molecule has 2 atom stereocenters. The van der Waals surface area contributed by atoms with Crippen molar-refractivity contribution in [3.8, 4) is 0 Å². The predicted molar refractivity (Wildman–Crippen MR) is 51.5 cm³/mol. The Morgan fingerprint density at radius 1 is 1.19 bits per heavy atom. The molecular formula is C8H14N2O6. The summed E-state index contributed by atoms with van der Waals surface area (Å²) in [5.41, 5.74) is 5.14. The Balaban J connectivity index is 3.99. The Morgan fingerprint density at radius 3 is 2.12 bits per heavy atom. The quantitative estimate of drug-likeness (QED) is 0.333. The highest BCUT2D eigenvalue weighted by atomic mass is 16.4. The molecule has 0 aromatic carbocycles. The monoisotopic (exact) mass is 234 g/mol. The molecule has 1 amide bonds. The van der Waals surface area contributed by atoms with Gasteiger partial charge in [0.2, 0.25) is 5.91 Å². The van der Waals surface area contributed by atoms with Crippen molar-refractivity contribution in [2.45, 2.75) is 24.9 Å². The molecule has 8 heteroatoms. The highest BCUT2D eigenvalue weighted by Gasteiger charge is 2.20. The van der Waals surface area contributed by atoms with Gasteiger partial charge >= 0.3 is 11.9 Å². The second-order valence-corrected chi connectivity index (χ2v) is 3.12. The Morgan fingerprint density at radius 2 is 1.75 bits per heavy atom. The third-order valence-electron chi connectivity index (χ3n) is 1.82. The van der Waals surface area contributed by atoms with E-state index < -0.39 is 36.5 Å². The van der Waals surface area contributed by atoms with Crippen LogP contribution in [0.4, 0.5) is 0 Å². The van der Waals surface area contributed by atoms with E-state index in [2.05, 4.69) is 0 Å². The lowest BCUT2D eigenvalue weighted by molar-refractivity contribution is -0.143. The summed E-state index contributed by atoms with van der Waals surface area (Å²) in [5.74, 6) is -3.26. The minimum Gasteiger partial charge on any atom is -0.480 e. The molecule has 16 heavy (non-hydrogen) atoms. The summed E-state index contributed by atoms with van der Waals surface area (Å²) >= 11 is 0. The number of aliphatic hydroxyl groups is 1. The number of nitrogens with one attached hydrogen (secondary N) is 1. The van der Waals surface area contributed by atoms with E-state index in [1.54, 1.807) is 0 Å². The number of carboxylic acids is 2. The van der Waals surface area contributed by atoms with Gasteiger partial charge in [0.05, 0.1) is 6.61 Å². The van der Waals surface area contributed by atoms with Gasteiger partial charge in [-0.2, -0.15) is 0 Å². The molecule has 0 rings (SSSR count). The lowest BCUT2D eigenvalue weighted by Gasteiger charge is -2.12. The van der Waals surface area contributed by atoms with Crippen molar-refractivity contribution in [1.29, 1.82) is 0 Å². The van der Waals surface area contributed by atoms with Crippen LogP contribution in [0.3, 0.4) is 0 Å². The molecule has 0 saturated carbocycles. The number of aliphatic carboxylic acids is 2. The van der Waals surface area contributed by atoms with Gasteiger partial charge in [-0.1, -0.05) is 0 Å². The number of carbonyl (C=O) groups is 3. The van der Waals surface area contributed by atoms with E-state index in [9.17, 15) is 14.4 Å². The van der Waals surface area contributed by atoms with Gasteiger partial charge in [-0.25, -0.2) is 4.79 Å². The summed E-state index contributed by atoms with van der Waals surface area (Å²) < 4.78 is 0. The third-order valence-corrected chi connectivity index (χ3v) is 1.82. The molecule has 0 aliphatic carbocycles. The summed E-state index contributed by atoms with van der Waals surface area (Å²) in [6, 6.07) is -2.54. The van der Waals surface area contributed by atoms with Crippen molar-refractivity contribution < 1.29 is 29.7 Å². The normalized spacial score (nSPS) is 13.9. The molecule has 0 aromatic rings. The van der Waals surface area contributed by atoms with Crippen LogP contribution < -0.4 is 11.1 Å². The first-order valence-electron chi connectivity index (χ1n) is 4.50. The third kappa shape index (κ3) is 5.27. The van der Waals surface area contributed by atoms with Crippen molar-refractivity contribution in [2.24, 2.45) is 5.73 Å². The van der Waals surface area contributed by atoms with Crippen LogP contribution in [0.15, 0.2) is 0 Å². The predicted octanol–water partition coefficient (Wildman–Crippen LogP) is -2.26. The fourth-order valence-corrected chi connectivity index (χ4v) is 0.862. The zero-order valence-corrected chi connectivity index (χ0v) is 8.42. The number of rotatable bonds is 7. The fourth-order valence-electron chi connectivity index (χ4n) is 0.862. The van der Waals surface area contributed by atoms with Gasteiger partial charge in [-0.05, 0) is 6.42 Å². The molecule has 0 bridgehead atoms. The lowest BCUT2D eigenvalue weighted by atomic mass is 10.1. The first kappa shape index (κ1) is 14.3. The van der Waals surface area contributed by atoms with E-state index >= 15 is 0 Å². The summed E-state index contributed by atoms with van der Waals surface area (Å²) in [4.78, 5) is 31.8. The maximum Gasteiger partial charge on any atom is 0.328 e. The molecular weight excluding hydrogens is 220 g/mol. The zero-order valence-electron chi connectivity index (χ0n) is 8.42. The largest absolute Gasteiger partial charge is 0.480 e. The highest BCUT2D eigenvalue weighted by molar-refractivity contribution is 5.84. The molecule has 0 radical (unpaired) electrons. The molecule has 0 fully saturated rings. The van der Waals surface area contributed by atoms with Gasteiger partial charge in [0.25, 0.3) is 0 Å². The summed E-state index contributed by atoms with van der Waals surface area (Å²) in [5, 5.41) is 27.5. The van der Waals surface area contributed by atoms with Crippen LogP contribution in [0.2, 0.25) is 0 Å². The fraction of sp³-hybridized carbons (Fsp3) is 0.625. The molecule has 0 unspecified atom stereocenters. The van der Waals surface area contributed by atoms with Crippen molar-refractivity contribution in [1.82, 2.24) is 5.32 Å². The Labute approximate surface area is 91.1 Å². The Hall–Kier alpha value is -1.67. The summed E-state index contributed by atoms with van der Waals surface area (Å²) in [6.45, 7) is -0.730. The van der Waals surface area contributed by atoms with Crippen LogP contribution in [-0.2, 0) is 14.4 Å². The Bertz CT molecular complexity index is 280. The van der Waals surface area contributed by atoms with Gasteiger partial charge < -0.3 is 26.4 Å². The highest BCUT2D eigenvalue weighted by Crippen LogP contribution is 1.95. The van der Waals surface area contributed by atoms with Crippen molar-refractivity contribution in [3.63, 3.8) is 0 Å². The second kappa shape index (κ2) is 6.75. The Kier molecular flexibility index (Phi) is 6.04. The summed E-state index contributed by atoms with van der Waals surface area (Å²) in [6.07, 6.45) is -0.309. The van der Waals surface area contributed by atoms with E-state index in [4.69, 9.17) is 21.1 Å². The SMILES string of the molecule is N[C@@H](CCC(=O)N[C@@H](CO)C(=O)O)C(=O)O. The van der Waals surface area contributed by atoms with Crippen LogP contribution in [-0.4, -0.2) is 51.9 Å². The van der Waals surface area contributed by atoms with Gasteiger partial charge in [-0.15, -0.1) is 0 Å². The van der Waals surface area contributed by atoms with Gasteiger partial charge in [0.1, 0.15) is 12.1 Å². The minimum absolute atomic E-state index is 0.0983. The molecule has 0 aliphatic rings. The minimum atomic E-state index is -1.38. The van der Waals surface area contributed by atoms with E-state index in [0.29, 0.717) is 0 Å². The number of nitrogens with two attached hydrogens (primary N) is 1. The summed E-state index contributed by atoms with van der Waals surface area (Å²) in [7, 11) is 0. The second-order valence-electron chi connectivity index (χ2n) is 3.12. The number of aliphatic hydroxyl groups excluding tert-OH is 1. The topological polar surface area (TPSA) is 150 Å². The average molecular weight is 234 g/mol. The first-order valence-corrected chi connectivity index (χ1v) is 4.50. The van der Waals surface area contributed by atoms with Crippen LogP contribution in [0, 0.1) is 0 Å². The molecule has 0 saturated heterocycles. The smallest absolute Gasteiger partial charge is 0.328 e. The van der Waals surface area contributed by atoms with Crippen molar-refractivity contribution in [3.05, 3.63) is 0 Å². The standard InChI is InChI=1S/C8H14N2O6/c9-4(7(13)14)1-2-6(12)10-5(3-11)8(15)16/h4-5,11H,1-3,9H2,(H,10,12)(H,13,14)(H,15,16)/t4-,5-/m0/s1. The van der Waals surface area contributed by atoms with Crippen LogP contribution in [0.1, 0.15) is 12.8 Å². The average Bonchev–Trinajstić information content (AvgIpc) is 2.21. The van der Waals surface area contributed by atoms with Gasteiger partial charge in [-0.3, -0.25) is 9.59 Å². The number of hydrogen-bond acceptors (Lipinski definition) is 5. The number of carboxylic acid groups (broad SMARTS) is 2. The van der Waals surface area contributed by atoms with Crippen LogP contribution in [0.25, 0.3) is 0 Å². The van der Waals surface area contributed by atoms with Gasteiger partial charge in [0, 0.05) is 6.42 Å². The maximum atomic E-state index is 11.1. The molecule has 6 N–H and O–H groups in total. The van der Waals surface area contributed by atoms with Crippen LogP contribution >= 0.6 is 0 Å². The maximum absolute atomic E-state index is 11.1.